The predicted octanol–water partition coefficient (Wildman–Crippen LogP) is 3.43. The number of carbonyl (C=O) groups is 1. The van der Waals surface area contributed by atoms with Gasteiger partial charge in [-0.3, -0.25) is 0 Å². The Labute approximate surface area is 114 Å². The fourth-order valence-electron chi connectivity index (χ4n) is 3.08. The third-order valence-electron chi connectivity index (χ3n) is 4.15. The molecule has 0 aromatic carbocycles. The normalized spacial score (nSPS) is 18.4. The van der Waals surface area contributed by atoms with Crippen LogP contribution in [0.5, 0.6) is 0 Å². The summed E-state index contributed by atoms with van der Waals surface area (Å²) < 4.78 is 5.00. The van der Waals surface area contributed by atoms with Crippen LogP contribution in [0.15, 0.2) is 16.7 Å². The number of carboxylic acid groups (broad SMARTS) is 1. The summed E-state index contributed by atoms with van der Waals surface area (Å²) in [6, 6.07) is 2.22. The van der Waals surface area contributed by atoms with Gasteiger partial charge < -0.3 is 14.8 Å². The number of carboxylic acids is 1. The first-order chi connectivity index (χ1) is 9.22. The van der Waals surface area contributed by atoms with Crippen LogP contribution in [0.2, 0.25) is 0 Å². The quantitative estimate of drug-likeness (QED) is 0.827. The molecule has 1 aromatic rings. The zero-order valence-electron chi connectivity index (χ0n) is 11.5. The minimum absolute atomic E-state index is 0.0611. The third-order valence-corrected chi connectivity index (χ3v) is 4.15. The maximum Gasteiger partial charge on any atom is 0.372 e. The van der Waals surface area contributed by atoms with Gasteiger partial charge in [-0.05, 0) is 31.2 Å². The second kappa shape index (κ2) is 6.75. The van der Waals surface area contributed by atoms with E-state index in [1.807, 2.05) is 0 Å². The first-order valence-corrected chi connectivity index (χ1v) is 7.25. The lowest BCUT2D eigenvalue weighted by molar-refractivity contribution is 0.0660. The van der Waals surface area contributed by atoms with Crippen molar-refractivity contribution in [1.82, 2.24) is 5.32 Å². The Balaban J connectivity index is 1.91. The minimum Gasteiger partial charge on any atom is -0.475 e. The van der Waals surface area contributed by atoms with Gasteiger partial charge in [0.25, 0.3) is 0 Å². The van der Waals surface area contributed by atoms with E-state index in [9.17, 15) is 4.79 Å². The Morgan fingerprint density at radius 2 is 2.21 bits per heavy atom. The molecule has 1 aliphatic carbocycles. The summed E-state index contributed by atoms with van der Waals surface area (Å²) in [5, 5.41) is 12.5. The molecule has 19 heavy (non-hydrogen) atoms. The molecular formula is C15H23NO3. The number of hydrogen-bond acceptors (Lipinski definition) is 3. The van der Waals surface area contributed by atoms with Gasteiger partial charge in [-0.2, -0.15) is 0 Å². The topological polar surface area (TPSA) is 62.5 Å². The van der Waals surface area contributed by atoms with E-state index in [0.29, 0.717) is 12.6 Å². The Morgan fingerprint density at radius 1 is 1.47 bits per heavy atom. The number of rotatable bonds is 6. The highest BCUT2D eigenvalue weighted by atomic mass is 16.4. The van der Waals surface area contributed by atoms with Crippen molar-refractivity contribution in [1.29, 1.82) is 0 Å². The molecule has 2 rings (SSSR count). The second-order valence-corrected chi connectivity index (χ2v) is 5.37. The molecule has 0 radical (unpaired) electrons. The van der Waals surface area contributed by atoms with E-state index in [1.54, 1.807) is 6.07 Å². The Hall–Kier alpha value is -1.29. The van der Waals surface area contributed by atoms with Crippen LogP contribution < -0.4 is 5.32 Å². The van der Waals surface area contributed by atoms with Crippen LogP contribution in [0.3, 0.4) is 0 Å². The molecule has 4 nitrogen and oxygen atoms in total. The van der Waals surface area contributed by atoms with Crippen LogP contribution in [0.25, 0.3) is 0 Å². The van der Waals surface area contributed by atoms with Crippen molar-refractivity contribution in [3.63, 3.8) is 0 Å². The van der Waals surface area contributed by atoms with Gasteiger partial charge >= 0.3 is 5.97 Å². The molecule has 4 heteroatoms. The van der Waals surface area contributed by atoms with Gasteiger partial charge in [0.15, 0.2) is 0 Å². The van der Waals surface area contributed by atoms with Gasteiger partial charge in [0, 0.05) is 18.2 Å². The van der Waals surface area contributed by atoms with E-state index in [-0.39, 0.29) is 5.76 Å². The molecule has 0 amide bonds. The molecule has 0 aliphatic heterocycles. The molecule has 0 bridgehead atoms. The average molecular weight is 265 g/mol. The fraction of sp³-hybridized carbons (Fsp3) is 0.667. The van der Waals surface area contributed by atoms with Crippen molar-refractivity contribution in [2.75, 3.05) is 0 Å². The molecule has 2 N–H and O–H groups in total. The number of aromatic carboxylic acids is 1. The minimum atomic E-state index is -0.993. The van der Waals surface area contributed by atoms with Crippen LogP contribution in [0.1, 0.15) is 61.6 Å². The van der Waals surface area contributed by atoms with E-state index in [0.717, 1.165) is 17.9 Å². The van der Waals surface area contributed by atoms with Crippen molar-refractivity contribution in [3.05, 3.63) is 23.7 Å². The zero-order chi connectivity index (χ0) is 13.7. The van der Waals surface area contributed by atoms with Crippen molar-refractivity contribution < 1.29 is 14.3 Å². The van der Waals surface area contributed by atoms with Crippen LogP contribution in [0.4, 0.5) is 0 Å². The number of furan rings is 1. The molecule has 1 aliphatic rings. The van der Waals surface area contributed by atoms with Crippen molar-refractivity contribution in [2.45, 2.75) is 58.0 Å². The highest BCUT2D eigenvalue weighted by molar-refractivity contribution is 5.86. The highest BCUT2D eigenvalue weighted by Crippen LogP contribution is 2.28. The molecule has 106 valence electrons. The van der Waals surface area contributed by atoms with Gasteiger partial charge in [-0.1, -0.05) is 26.2 Å². The standard InChI is InChI=1S/C15H23NO3/c1-2-13(11-6-4-3-5-7-11)16-10-12-8-9-19-14(12)15(17)18/h8-9,11,13,16H,2-7,10H2,1H3,(H,17,18). The van der Waals surface area contributed by atoms with Crippen LogP contribution in [-0.4, -0.2) is 17.1 Å². The molecule has 1 unspecified atom stereocenters. The lowest BCUT2D eigenvalue weighted by atomic mass is 9.83. The molecular weight excluding hydrogens is 242 g/mol. The van der Waals surface area contributed by atoms with Crippen LogP contribution >= 0.6 is 0 Å². The lowest BCUT2D eigenvalue weighted by Crippen LogP contribution is -2.36. The summed E-state index contributed by atoms with van der Waals surface area (Å²) in [5.74, 6) is -0.197. The van der Waals surface area contributed by atoms with Crippen molar-refractivity contribution in [2.24, 2.45) is 5.92 Å². The van der Waals surface area contributed by atoms with E-state index in [2.05, 4.69) is 12.2 Å². The molecule has 0 spiro atoms. The number of hydrogen-bond donors (Lipinski definition) is 2. The van der Waals surface area contributed by atoms with Crippen molar-refractivity contribution in [3.8, 4) is 0 Å². The Bertz CT molecular complexity index is 407. The van der Waals surface area contributed by atoms with E-state index in [4.69, 9.17) is 9.52 Å². The van der Waals surface area contributed by atoms with E-state index < -0.39 is 5.97 Å². The molecule has 1 fully saturated rings. The summed E-state index contributed by atoms with van der Waals surface area (Å²) in [6.45, 7) is 2.77. The van der Waals surface area contributed by atoms with E-state index >= 15 is 0 Å². The smallest absolute Gasteiger partial charge is 0.372 e. The third kappa shape index (κ3) is 3.60. The van der Waals surface area contributed by atoms with Crippen LogP contribution in [-0.2, 0) is 6.54 Å². The first-order valence-electron chi connectivity index (χ1n) is 7.25. The first kappa shape index (κ1) is 14.1. The molecule has 1 aromatic heterocycles. The SMILES string of the molecule is CCC(NCc1ccoc1C(=O)O)C1CCCCC1. The van der Waals surface area contributed by atoms with Gasteiger partial charge in [-0.25, -0.2) is 4.79 Å². The molecule has 0 saturated heterocycles. The molecule has 1 atom stereocenters. The highest BCUT2D eigenvalue weighted by Gasteiger charge is 2.22. The largest absolute Gasteiger partial charge is 0.475 e. The average Bonchev–Trinajstić information content (AvgIpc) is 2.89. The maximum atomic E-state index is 11.0. The number of nitrogens with one attached hydrogen (secondary N) is 1. The fourth-order valence-corrected chi connectivity index (χ4v) is 3.08. The van der Waals surface area contributed by atoms with Gasteiger partial charge in [-0.15, -0.1) is 0 Å². The molecule has 1 heterocycles. The summed E-state index contributed by atoms with van der Waals surface area (Å²) in [7, 11) is 0. The monoisotopic (exact) mass is 265 g/mol. The second-order valence-electron chi connectivity index (χ2n) is 5.37. The Kier molecular flexibility index (Phi) is 5.02. The summed E-state index contributed by atoms with van der Waals surface area (Å²) in [5.41, 5.74) is 0.738. The van der Waals surface area contributed by atoms with Crippen LogP contribution in [0, 0.1) is 5.92 Å². The molecule has 1 saturated carbocycles. The zero-order valence-corrected chi connectivity index (χ0v) is 11.5. The summed E-state index contributed by atoms with van der Waals surface area (Å²) >= 11 is 0. The van der Waals surface area contributed by atoms with Crippen molar-refractivity contribution >= 4 is 5.97 Å². The van der Waals surface area contributed by atoms with E-state index in [1.165, 1.54) is 38.4 Å². The summed E-state index contributed by atoms with van der Waals surface area (Å²) in [6.07, 6.45) is 9.14. The summed E-state index contributed by atoms with van der Waals surface area (Å²) in [4.78, 5) is 11.0. The maximum absolute atomic E-state index is 11.0. The lowest BCUT2D eigenvalue weighted by Gasteiger charge is -2.30. The van der Waals surface area contributed by atoms with Gasteiger partial charge in [0.2, 0.25) is 5.76 Å². The Morgan fingerprint density at radius 3 is 2.84 bits per heavy atom. The van der Waals surface area contributed by atoms with Gasteiger partial charge in [0.05, 0.1) is 6.26 Å². The predicted molar refractivity (Wildman–Crippen MR) is 73.2 cm³/mol. The van der Waals surface area contributed by atoms with Gasteiger partial charge in [0.1, 0.15) is 0 Å².